The van der Waals surface area contributed by atoms with E-state index in [-0.39, 0.29) is 0 Å². The lowest BCUT2D eigenvalue weighted by molar-refractivity contribution is -0.00518. The van der Waals surface area contributed by atoms with Crippen molar-refractivity contribution in [3.8, 4) is 56.5 Å². The highest BCUT2D eigenvalue weighted by Gasteiger charge is 2.53. The second kappa shape index (κ2) is 12.4. The number of aromatic nitrogens is 2. The van der Waals surface area contributed by atoms with Crippen LogP contribution in [-0.2, 0) is 10.8 Å². The van der Waals surface area contributed by atoms with Gasteiger partial charge in [-0.05, 0) is 132 Å². The molecule has 0 saturated heterocycles. The van der Waals surface area contributed by atoms with Gasteiger partial charge in [-0.2, -0.15) is 0 Å². The van der Waals surface area contributed by atoms with Crippen molar-refractivity contribution in [2.24, 2.45) is 17.8 Å². The van der Waals surface area contributed by atoms with Crippen LogP contribution >= 0.6 is 0 Å². The van der Waals surface area contributed by atoms with Crippen LogP contribution < -0.4 is 4.74 Å². The van der Waals surface area contributed by atoms with Gasteiger partial charge in [0.1, 0.15) is 22.7 Å². The highest BCUT2D eigenvalue weighted by atomic mass is 16.5. The number of fused-ring (bicyclic) bond motifs is 12. The van der Waals surface area contributed by atoms with Gasteiger partial charge in [-0.15, -0.1) is 0 Å². The first-order chi connectivity index (χ1) is 30.1. The molecule has 4 fully saturated rings. The minimum Gasteiger partial charge on any atom is -0.456 e. The molecule has 0 radical (unpaired) electrons. The third-order valence-corrected chi connectivity index (χ3v) is 15.3. The number of ether oxygens (including phenoxy) is 1. The van der Waals surface area contributed by atoms with Crippen LogP contribution in [0.3, 0.4) is 0 Å². The first-order valence-electron chi connectivity index (χ1n) is 22.1. The molecule has 4 saturated carbocycles. The molecule has 15 rings (SSSR count). The maximum atomic E-state index is 7.13. The third-order valence-electron chi connectivity index (χ3n) is 15.3. The number of benzene rings is 7. The number of para-hydroxylation sites is 3. The monoisotopic (exact) mass is 786 g/mol. The van der Waals surface area contributed by atoms with Gasteiger partial charge in [0.25, 0.3) is 0 Å². The molecule has 5 aliphatic carbocycles. The predicted molar refractivity (Wildman–Crippen MR) is 243 cm³/mol. The summed E-state index contributed by atoms with van der Waals surface area (Å²) in [4.78, 5) is 10.9. The zero-order valence-corrected chi connectivity index (χ0v) is 33.8. The van der Waals surface area contributed by atoms with E-state index >= 15 is 0 Å². The Bertz CT molecular complexity index is 3200. The summed E-state index contributed by atoms with van der Waals surface area (Å²) in [6.07, 6.45) is 8.37. The summed E-state index contributed by atoms with van der Waals surface area (Å²) in [6.45, 7) is 0. The van der Waals surface area contributed by atoms with Crippen molar-refractivity contribution in [1.29, 1.82) is 0 Å². The molecule has 0 amide bonds. The SMILES string of the molecule is c1ccc2c(c1)Oc1c(-c3cc(-c4ccc5oc6ccccc6c5c4)nc(-c4ccc(C56CC7CC(CC(C7)C5)C6)cc4)n3)cccc1C21c2ccccc2-c2ccccc21. The Hall–Kier alpha value is -6.78. The van der Waals surface area contributed by atoms with Crippen molar-refractivity contribution in [3.05, 3.63) is 192 Å². The number of rotatable bonds is 4. The molecular weight excluding hydrogens is 745 g/mol. The smallest absolute Gasteiger partial charge is 0.160 e. The molecule has 61 heavy (non-hydrogen) atoms. The molecule has 1 aliphatic heterocycles. The molecule has 6 aliphatic rings. The molecule has 1 spiro atoms. The van der Waals surface area contributed by atoms with Crippen molar-refractivity contribution in [2.45, 2.75) is 49.4 Å². The normalized spacial score (nSPS) is 22.2. The Kier molecular flexibility index (Phi) is 6.90. The minimum atomic E-state index is -0.563. The number of furan rings is 1. The van der Waals surface area contributed by atoms with E-state index in [0.717, 1.165) is 90.4 Å². The molecule has 0 N–H and O–H groups in total. The molecule has 4 nitrogen and oxygen atoms in total. The van der Waals surface area contributed by atoms with Gasteiger partial charge in [0.2, 0.25) is 0 Å². The van der Waals surface area contributed by atoms with Crippen LogP contribution in [0.2, 0.25) is 0 Å². The van der Waals surface area contributed by atoms with Gasteiger partial charge in [-0.3, -0.25) is 0 Å². The van der Waals surface area contributed by atoms with Crippen molar-refractivity contribution in [1.82, 2.24) is 9.97 Å². The summed E-state index contributed by atoms with van der Waals surface area (Å²) < 4.78 is 13.4. The summed E-state index contributed by atoms with van der Waals surface area (Å²) >= 11 is 0. The standard InChI is InChI=1S/C57H42N2O2/c1-4-14-45-40(10-1)41-11-2-5-15-46(41)57(45)47-16-6-8-19-53(47)61-54-43(13-9-17-48(54)57)50-30-49(38-22-25-52-44(29-38)42-12-3-7-18-51(42)60-52)58-55(59-50)37-20-23-39(24-21-37)56-31-34-26-35(32-56)28-36(27-34)33-56/h1-25,29-30,34-36H,26-28,31-33H2. The van der Waals surface area contributed by atoms with Gasteiger partial charge in [0, 0.05) is 38.6 Å². The highest BCUT2D eigenvalue weighted by Crippen LogP contribution is 2.64. The van der Waals surface area contributed by atoms with Crippen LogP contribution in [0.25, 0.3) is 67.0 Å². The molecule has 4 heteroatoms. The lowest BCUT2D eigenvalue weighted by Crippen LogP contribution is -2.48. The predicted octanol–water partition coefficient (Wildman–Crippen LogP) is 14.3. The maximum Gasteiger partial charge on any atom is 0.160 e. The van der Waals surface area contributed by atoms with Crippen LogP contribution in [0.5, 0.6) is 11.5 Å². The van der Waals surface area contributed by atoms with Gasteiger partial charge < -0.3 is 9.15 Å². The summed E-state index contributed by atoms with van der Waals surface area (Å²) in [5, 5.41) is 2.17. The highest BCUT2D eigenvalue weighted by molar-refractivity contribution is 6.06. The molecule has 0 atom stereocenters. The first kappa shape index (κ1) is 34.0. The summed E-state index contributed by atoms with van der Waals surface area (Å²) in [5.74, 6) is 5.10. The molecule has 7 aromatic carbocycles. The molecule has 4 bridgehead atoms. The number of nitrogens with zero attached hydrogens (tertiary/aromatic N) is 2. The second-order valence-electron chi connectivity index (χ2n) is 18.7. The Morgan fingerprint density at radius 3 is 1.80 bits per heavy atom. The Morgan fingerprint density at radius 2 is 1.05 bits per heavy atom. The fraction of sp³-hybridized carbons (Fsp3) is 0.193. The van der Waals surface area contributed by atoms with E-state index in [1.807, 2.05) is 12.1 Å². The van der Waals surface area contributed by atoms with E-state index in [1.54, 1.807) is 0 Å². The minimum absolute atomic E-state index is 0.327. The van der Waals surface area contributed by atoms with Gasteiger partial charge in [-0.25, -0.2) is 9.97 Å². The third kappa shape index (κ3) is 4.76. The molecule has 2 aromatic heterocycles. The lowest BCUT2D eigenvalue weighted by atomic mass is 9.48. The van der Waals surface area contributed by atoms with Crippen molar-refractivity contribution in [2.75, 3.05) is 0 Å². The van der Waals surface area contributed by atoms with Crippen LogP contribution in [0.15, 0.2) is 168 Å². The van der Waals surface area contributed by atoms with Crippen molar-refractivity contribution >= 4 is 21.9 Å². The molecule has 9 aromatic rings. The van der Waals surface area contributed by atoms with E-state index in [1.165, 1.54) is 66.3 Å². The van der Waals surface area contributed by atoms with Gasteiger partial charge >= 0.3 is 0 Å². The van der Waals surface area contributed by atoms with E-state index in [2.05, 4.69) is 152 Å². The van der Waals surface area contributed by atoms with Gasteiger partial charge in [0.05, 0.1) is 16.8 Å². The summed E-state index contributed by atoms with van der Waals surface area (Å²) in [6, 6.07) is 59.2. The molecule has 0 unspecified atom stereocenters. The fourth-order valence-corrected chi connectivity index (χ4v) is 13.3. The van der Waals surface area contributed by atoms with Gasteiger partial charge in [0.15, 0.2) is 5.82 Å². The van der Waals surface area contributed by atoms with Crippen molar-refractivity contribution in [3.63, 3.8) is 0 Å². The molecule has 3 heterocycles. The second-order valence-corrected chi connectivity index (χ2v) is 18.7. The Balaban J connectivity index is 0.974. The Morgan fingerprint density at radius 1 is 0.459 bits per heavy atom. The summed E-state index contributed by atoms with van der Waals surface area (Å²) in [5.41, 5.74) is 15.0. The average molecular weight is 787 g/mol. The van der Waals surface area contributed by atoms with Crippen LogP contribution in [-0.4, -0.2) is 9.97 Å². The van der Waals surface area contributed by atoms with E-state index in [4.69, 9.17) is 19.1 Å². The Labute approximate surface area is 354 Å². The topological polar surface area (TPSA) is 48.2 Å². The van der Waals surface area contributed by atoms with Crippen LogP contribution in [0.4, 0.5) is 0 Å². The van der Waals surface area contributed by atoms with E-state index < -0.39 is 5.41 Å². The largest absolute Gasteiger partial charge is 0.456 e. The average Bonchev–Trinajstić information content (AvgIpc) is 3.82. The van der Waals surface area contributed by atoms with Crippen molar-refractivity contribution < 1.29 is 9.15 Å². The van der Waals surface area contributed by atoms with Crippen LogP contribution in [0, 0.1) is 17.8 Å². The maximum absolute atomic E-state index is 7.13. The van der Waals surface area contributed by atoms with E-state index in [0.29, 0.717) is 11.2 Å². The zero-order valence-electron chi connectivity index (χ0n) is 33.8. The molecular formula is C57H42N2O2. The van der Waals surface area contributed by atoms with Gasteiger partial charge in [-0.1, -0.05) is 121 Å². The zero-order chi connectivity index (χ0) is 39.9. The van der Waals surface area contributed by atoms with Crippen LogP contribution in [0.1, 0.15) is 66.3 Å². The summed E-state index contributed by atoms with van der Waals surface area (Å²) in [7, 11) is 0. The van der Waals surface area contributed by atoms with E-state index in [9.17, 15) is 0 Å². The fourth-order valence-electron chi connectivity index (χ4n) is 13.3. The first-order valence-corrected chi connectivity index (χ1v) is 22.1. The molecule has 292 valence electrons. The number of hydrogen-bond acceptors (Lipinski definition) is 4. The lowest BCUT2D eigenvalue weighted by Gasteiger charge is -2.57. The quantitative estimate of drug-likeness (QED) is 0.178. The number of hydrogen-bond donors (Lipinski definition) is 0.